The van der Waals surface area contributed by atoms with Crippen LogP contribution < -0.4 is 10.1 Å². The lowest BCUT2D eigenvalue weighted by Gasteiger charge is -2.09. The molecule has 1 aromatic heterocycles. The van der Waals surface area contributed by atoms with Gasteiger partial charge in [-0.05, 0) is 28.9 Å². The third-order valence-electron chi connectivity index (χ3n) is 1.50. The van der Waals surface area contributed by atoms with E-state index in [0.29, 0.717) is 0 Å². The van der Waals surface area contributed by atoms with Crippen LogP contribution in [0.5, 0.6) is 5.75 Å². The molecule has 1 aromatic rings. The van der Waals surface area contributed by atoms with Crippen LogP contribution in [0, 0.1) is 6.92 Å². The fourth-order valence-corrected chi connectivity index (χ4v) is 1.67. The summed E-state index contributed by atoms with van der Waals surface area (Å²) in [6.45, 7) is 1.94. The van der Waals surface area contributed by atoms with E-state index in [-0.39, 0.29) is 0 Å². The molecule has 66 valence electrons. The largest absolute Gasteiger partial charge is 0.492 e. The Morgan fingerprint density at radius 3 is 2.75 bits per heavy atom. The number of halogens is 1. The zero-order valence-corrected chi connectivity index (χ0v) is 8.90. The van der Waals surface area contributed by atoms with Crippen LogP contribution in [-0.4, -0.2) is 19.1 Å². The van der Waals surface area contributed by atoms with Gasteiger partial charge in [-0.15, -0.1) is 0 Å². The van der Waals surface area contributed by atoms with E-state index in [4.69, 9.17) is 4.74 Å². The average molecular weight is 231 g/mol. The predicted molar refractivity (Wildman–Crippen MR) is 52.8 cm³/mol. The van der Waals surface area contributed by atoms with Gasteiger partial charge < -0.3 is 10.1 Å². The van der Waals surface area contributed by atoms with E-state index in [1.54, 1.807) is 7.11 Å². The molecule has 1 rings (SSSR count). The Morgan fingerprint density at radius 2 is 2.25 bits per heavy atom. The number of anilines is 1. The van der Waals surface area contributed by atoms with Crippen molar-refractivity contribution in [3.8, 4) is 5.75 Å². The molecule has 0 saturated heterocycles. The minimum atomic E-state index is 0.739. The summed E-state index contributed by atoms with van der Waals surface area (Å²) in [6.07, 6.45) is 0. The maximum Gasteiger partial charge on any atom is 0.175 e. The van der Waals surface area contributed by atoms with Gasteiger partial charge in [0.15, 0.2) is 11.6 Å². The summed E-state index contributed by atoms with van der Waals surface area (Å²) in [5.41, 5.74) is 0.951. The van der Waals surface area contributed by atoms with Gasteiger partial charge in [-0.25, -0.2) is 4.98 Å². The van der Waals surface area contributed by atoms with Gasteiger partial charge in [-0.3, -0.25) is 0 Å². The van der Waals surface area contributed by atoms with Crippen LogP contribution in [-0.2, 0) is 0 Å². The summed E-state index contributed by atoms with van der Waals surface area (Å²) in [6, 6.07) is 1.92. The van der Waals surface area contributed by atoms with Gasteiger partial charge in [0.05, 0.1) is 11.6 Å². The molecule has 0 aliphatic heterocycles. The molecule has 0 spiro atoms. The molecular formula is C8H11BrN2O. The van der Waals surface area contributed by atoms with E-state index in [2.05, 4.69) is 26.2 Å². The summed E-state index contributed by atoms with van der Waals surface area (Å²) in [5, 5.41) is 2.96. The monoisotopic (exact) mass is 230 g/mol. The fourth-order valence-electron chi connectivity index (χ4n) is 0.985. The molecule has 0 aliphatic carbocycles. The third kappa shape index (κ3) is 1.69. The first kappa shape index (κ1) is 9.32. The fraction of sp³-hybridized carbons (Fsp3) is 0.375. The molecule has 4 heteroatoms. The summed E-state index contributed by atoms with van der Waals surface area (Å²) in [4.78, 5) is 4.26. The molecule has 0 radical (unpaired) electrons. The lowest BCUT2D eigenvalue weighted by atomic mass is 10.3. The number of rotatable bonds is 2. The number of aryl methyl sites for hydroxylation is 1. The molecule has 3 nitrogen and oxygen atoms in total. The molecular weight excluding hydrogens is 220 g/mol. The Balaban J connectivity index is 3.24. The molecule has 0 amide bonds. The SMILES string of the molecule is CNc1nc(C)cc(Br)c1OC. The van der Waals surface area contributed by atoms with Crippen molar-refractivity contribution >= 4 is 21.7 Å². The zero-order valence-electron chi connectivity index (χ0n) is 7.31. The van der Waals surface area contributed by atoms with Crippen molar-refractivity contribution in [3.63, 3.8) is 0 Å². The first-order valence-electron chi connectivity index (χ1n) is 3.58. The van der Waals surface area contributed by atoms with Crippen molar-refractivity contribution in [2.24, 2.45) is 0 Å². The van der Waals surface area contributed by atoms with Gasteiger partial charge in [0, 0.05) is 12.7 Å². The molecule has 0 saturated carbocycles. The number of pyridine rings is 1. The summed E-state index contributed by atoms with van der Waals surface area (Å²) < 4.78 is 6.07. The topological polar surface area (TPSA) is 34.2 Å². The first-order chi connectivity index (χ1) is 5.69. The highest BCUT2D eigenvalue weighted by Crippen LogP contribution is 2.31. The standard InChI is InChI=1S/C8H11BrN2O/c1-5-4-6(9)7(12-3)8(10-2)11-5/h4H,1-3H3,(H,10,11). The molecule has 0 atom stereocenters. The maximum atomic E-state index is 5.15. The summed E-state index contributed by atoms with van der Waals surface area (Å²) in [7, 11) is 3.44. The second-order valence-electron chi connectivity index (χ2n) is 2.38. The molecule has 12 heavy (non-hydrogen) atoms. The van der Waals surface area contributed by atoms with Gasteiger partial charge in [0.25, 0.3) is 0 Å². The van der Waals surface area contributed by atoms with E-state index >= 15 is 0 Å². The summed E-state index contributed by atoms with van der Waals surface area (Å²) >= 11 is 3.39. The van der Waals surface area contributed by atoms with Gasteiger partial charge in [-0.2, -0.15) is 0 Å². The Morgan fingerprint density at radius 1 is 1.58 bits per heavy atom. The molecule has 1 heterocycles. The highest BCUT2D eigenvalue weighted by molar-refractivity contribution is 9.10. The minimum absolute atomic E-state index is 0.739. The highest BCUT2D eigenvalue weighted by Gasteiger charge is 2.07. The smallest absolute Gasteiger partial charge is 0.175 e. The Hall–Kier alpha value is -0.770. The first-order valence-corrected chi connectivity index (χ1v) is 4.37. The Kier molecular flexibility index (Phi) is 2.92. The van der Waals surface area contributed by atoms with Crippen LogP contribution in [0.1, 0.15) is 5.69 Å². The molecule has 0 unspecified atom stereocenters. The van der Waals surface area contributed by atoms with Gasteiger partial charge >= 0.3 is 0 Å². The minimum Gasteiger partial charge on any atom is -0.492 e. The molecule has 0 aromatic carbocycles. The number of methoxy groups -OCH3 is 1. The normalized spacial score (nSPS) is 9.67. The van der Waals surface area contributed by atoms with Crippen LogP contribution in [0.4, 0.5) is 5.82 Å². The van der Waals surface area contributed by atoms with E-state index in [0.717, 1.165) is 21.7 Å². The van der Waals surface area contributed by atoms with Crippen molar-refractivity contribution in [1.82, 2.24) is 4.98 Å². The average Bonchev–Trinajstić information content (AvgIpc) is 2.03. The lowest BCUT2D eigenvalue weighted by Crippen LogP contribution is -1.98. The lowest BCUT2D eigenvalue weighted by molar-refractivity contribution is 0.412. The maximum absolute atomic E-state index is 5.15. The molecule has 0 bridgehead atoms. The van der Waals surface area contributed by atoms with Crippen molar-refractivity contribution in [2.75, 3.05) is 19.5 Å². The van der Waals surface area contributed by atoms with Gasteiger partial charge in [0.1, 0.15) is 0 Å². The number of ether oxygens (including phenoxy) is 1. The van der Waals surface area contributed by atoms with Crippen molar-refractivity contribution < 1.29 is 4.74 Å². The van der Waals surface area contributed by atoms with Gasteiger partial charge in [0.2, 0.25) is 0 Å². The van der Waals surface area contributed by atoms with E-state index in [1.807, 2.05) is 20.0 Å². The zero-order chi connectivity index (χ0) is 9.14. The Labute approximate surface area is 80.3 Å². The van der Waals surface area contributed by atoms with Crippen molar-refractivity contribution in [1.29, 1.82) is 0 Å². The van der Waals surface area contributed by atoms with Crippen LogP contribution in [0.2, 0.25) is 0 Å². The second kappa shape index (κ2) is 3.76. The molecule has 0 aliphatic rings. The van der Waals surface area contributed by atoms with E-state index < -0.39 is 0 Å². The van der Waals surface area contributed by atoms with Crippen LogP contribution in [0.15, 0.2) is 10.5 Å². The Bertz CT molecular complexity index is 289. The van der Waals surface area contributed by atoms with Crippen molar-refractivity contribution in [3.05, 3.63) is 16.2 Å². The number of nitrogens with zero attached hydrogens (tertiary/aromatic N) is 1. The quantitative estimate of drug-likeness (QED) is 0.847. The third-order valence-corrected chi connectivity index (χ3v) is 2.09. The number of aromatic nitrogens is 1. The van der Waals surface area contributed by atoms with Gasteiger partial charge in [-0.1, -0.05) is 0 Å². The molecule has 0 fully saturated rings. The second-order valence-corrected chi connectivity index (χ2v) is 3.23. The number of nitrogens with one attached hydrogen (secondary N) is 1. The highest BCUT2D eigenvalue weighted by atomic mass is 79.9. The van der Waals surface area contributed by atoms with E-state index in [9.17, 15) is 0 Å². The summed E-state index contributed by atoms with van der Waals surface area (Å²) in [5.74, 6) is 1.49. The van der Waals surface area contributed by atoms with Crippen molar-refractivity contribution in [2.45, 2.75) is 6.92 Å². The molecule has 1 N–H and O–H groups in total. The van der Waals surface area contributed by atoms with E-state index in [1.165, 1.54) is 0 Å². The van der Waals surface area contributed by atoms with Crippen LogP contribution in [0.3, 0.4) is 0 Å². The number of hydrogen-bond acceptors (Lipinski definition) is 3. The van der Waals surface area contributed by atoms with Crippen LogP contribution in [0.25, 0.3) is 0 Å². The predicted octanol–water partition coefficient (Wildman–Crippen LogP) is 2.20. The number of hydrogen-bond donors (Lipinski definition) is 1. The van der Waals surface area contributed by atoms with Crippen LogP contribution >= 0.6 is 15.9 Å².